The molecule has 0 spiro atoms. The highest BCUT2D eigenvalue weighted by atomic mass is 16.3. The smallest absolute Gasteiger partial charge is 0.139 e. The first-order valence-corrected chi connectivity index (χ1v) is 17.4. The van der Waals surface area contributed by atoms with Crippen molar-refractivity contribution in [2.45, 2.75) is 38.5 Å². The van der Waals surface area contributed by atoms with E-state index in [4.69, 9.17) is 4.42 Å². The summed E-state index contributed by atoms with van der Waals surface area (Å²) in [6.07, 6.45) is 5.76. The first-order valence-electron chi connectivity index (χ1n) is 17.4. The van der Waals surface area contributed by atoms with E-state index in [2.05, 4.69) is 179 Å². The Morgan fingerprint density at radius 2 is 1.14 bits per heavy atom. The zero-order valence-electron chi connectivity index (χ0n) is 28.2. The summed E-state index contributed by atoms with van der Waals surface area (Å²) in [5, 5.41) is 4.96. The SMILES string of the molecule is CC(C)(C)c1cccc2c1oc1ccc(-c3cccc(C4C=Cc5c(c(-c6ccccc6)c6ccccc6c5-c5ccccc5)C4)c3)cc12. The molecule has 0 aliphatic heterocycles. The van der Waals surface area contributed by atoms with Gasteiger partial charge in [0.25, 0.3) is 0 Å². The average Bonchev–Trinajstić information content (AvgIpc) is 3.52. The van der Waals surface area contributed by atoms with E-state index in [0.29, 0.717) is 0 Å². The normalized spacial score (nSPS) is 14.5. The fraction of sp³-hybridized carbons (Fsp3) is 0.125. The van der Waals surface area contributed by atoms with Gasteiger partial charge >= 0.3 is 0 Å². The molecule has 0 bridgehead atoms. The molecule has 0 saturated heterocycles. The molecule has 1 unspecified atom stereocenters. The summed E-state index contributed by atoms with van der Waals surface area (Å²) >= 11 is 0. The van der Waals surface area contributed by atoms with E-state index in [1.54, 1.807) is 0 Å². The van der Waals surface area contributed by atoms with E-state index in [1.807, 2.05) is 0 Å². The predicted octanol–water partition coefficient (Wildman–Crippen LogP) is 13.4. The highest BCUT2D eigenvalue weighted by Gasteiger charge is 2.26. The predicted molar refractivity (Wildman–Crippen MR) is 208 cm³/mol. The molecule has 0 saturated carbocycles. The van der Waals surface area contributed by atoms with Gasteiger partial charge < -0.3 is 4.42 Å². The van der Waals surface area contributed by atoms with Crippen molar-refractivity contribution < 1.29 is 4.42 Å². The molecule has 8 aromatic rings. The fourth-order valence-corrected chi connectivity index (χ4v) is 8.01. The summed E-state index contributed by atoms with van der Waals surface area (Å²) in [4.78, 5) is 0. The summed E-state index contributed by atoms with van der Waals surface area (Å²) < 4.78 is 6.46. The van der Waals surface area contributed by atoms with E-state index < -0.39 is 0 Å². The lowest BCUT2D eigenvalue weighted by Gasteiger charge is -2.27. The van der Waals surface area contributed by atoms with Crippen LogP contribution in [0.25, 0.3) is 72.2 Å². The van der Waals surface area contributed by atoms with E-state index in [9.17, 15) is 0 Å². The molecule has 1 heterocycles. The van der Waals surface area contributed by atoms with Gasteiger partial charge in [0.05, 0.1) is 0 Å². The molecular weight excluding hydrogens is 593 g/mol. The van der Waals surface area contributed by atoms with Crippen molar-refractivity contribution in [3.05, 3.63) is 174 Å². The fourth-order valence-electron chi connectivity index (χ4n) is 8.01. The summed E-state index contributed by atoms with van der Waals surface area (Å²) in [5.74, 6) is 0.257. The molecule has 0 fully saturated rings. The molecule has 9 rings (SSSR count). The van der Waals surface area contributed by atoms with Crippen molar-refractivity contribution in [3.8, 4) is 33.4 Å². The second-order valence-corrected chi connectivity index (χ2v) is 14.5. The van der Waals surface area contributed by atoms with Crippen molar-refractivity contribution in [1.29, 1.82) is 0 Å². The van der Waals surface area contributed by atoms with Crippen LogP contribution in [-0.2, 0) is 11.8 Å². The average molecular weight is 631 g/mol. The number of hydrogen-bond acceptors (Lipinski definition) is 1. The van der Waals surface area contributed by atoms with Crippen LogP contribution in [0.2, 0.25) is 0 Å². The minimum Gasteiger partial charge on any atom is -0.456 e. The third-order valence-corrected chi connectivity index (χ3v) is 10.4. The van der Waals surface area contributed by atoms with Crippen LogP contribution in [-0.4, -0.2) is 0 Å². The minimum atomic E-state index is 0.00516. The number of hydrogen-bond donors (Lipinski definition) is 0. The maximum Gasteiger partial charge on any atom is 0.139 e. The topological polar surface area (TPSA) is 13.1 Å². The molecule has 0 N–H and O–H groups in total. The molecule has 0 radical (unpaired) electrons. The number of fused-ring (bicyclic) bond motifs is 5. The molecule has 49 heavy (non-hydrogen) atoms. The van der Waals surface area contributed by atoms with Crippen LogP contribution in [0, 0.1) is 0 Å². The number of rotatable bonds is 4. The Bertz CT molecular complexity index is 2540. The number of allylic oxidation sites excluding steroid dienone is 1. The highest BCUT2D eigenvalue weighted by molar-refractivity contribution is 6.10. The Labute approximate surface area is 288 Å². The summed E-state index contributed by atoms with van der Waals surface area (Å²) in [5.41, 5.74) is 14.9. The van der Waals surface area contributed by atoms with E-state index >= 15 is 0 Å². The third kappa shape index (κ3) is 5.00. The molecule has 236 valence electrons. The van der Waals surface area contributed by atoms with Gasteiger partial charge in [-0.3, -0.25) is 0 Å². The van der Waals surface area contributed by atoms with Gasteiger partial charge in [0, 0.05) is 22.3 Å². The van der Waals surface area contributed by atoms with Gasteiger partial charge in [-0.05, 0) is 84.8 Å². The molecular formula is C48H38O. The van der Waals surface area contributed by atoms with E-state index in [1.165, 1.54) is 77.2 Å². The quantitative estimate of drug-likeness (QED) is 0.189. The minimum absolute atomic E-state index is 0.00516. The third-order valence-electron chi connectivity index (χ3n) is 10.4. The molecule has 1 nitrogen and oxygen atoms in total. The van der Waals surface area contributed by atoms with Crippen molar-refractivity contribution in [1.82, 2.24) is 0 Å². The second-order valence-electron chi connectivity index (χ2n) is 14.5. The van der Waals surface area contributed by atoms with Crippen LogP contribution in [0.5, 0.6) is 0 Å². The molecule has 0 amide bonds. The van der Waals surface area contributed by atoms with Crippen molar-refractivity contribution in [2.75, 3.05) is 0 Å². The van der Waals surface area contributed by atoms with Crippen molar-refractivity contribution >= 4 is 38.8 Å². The van der Waals surface area contributed by atoms with Gasteiger partial charge in [0.15, 0.2) is 0 Å². The molecule has 1 aliphatic rings. The largest absolute Gasteiger partial charge is 0.456 e. The molecule has 7 aromatic carbocycles. The van der Waals surface area contributed by atoms with Crippen molar-refractivity contribution in [2.24, 2.45) is 0 Å². The van der Waals surface area contributed by atoms with E-state index in [-0.39, 0.29) is 11.3 Å². The maximum atomic E-state index is 6.46. The first-order chi connectivity index (χ1) is 23.9. The summed E-state index contributed by atoms with van der Waals surface area (Å²) in [6.45, 7) is 6.74. The van der Waals surface area contributed by atoms with Crippen LogP contribution in [0.4, 0.5) is 0 Å². The standard InChI is InChI=1S/C48H38O/c1-48(2,3)43-23-13-22-40-41-29-36(25-27-44(41)49-47(40)43)34-19-12-18-33(28-34)35-24-26-39-42(30-35)46(32-16-8-5-9-17-32)38-21-11-10-20-37(38)45(39)31-14-6-4-7-15-31/h4-29,35H,30H2,1-3H3. The van der Waals surface area contributed by atoms with Crippen LogP contribution < -0.4 is 0 Å². The van der Waals surface area contributed by atoms with Gasteiger partial charge in [-0.1, -0.05) is 166 Å². The number of benzene rings is 7. The van der Waals surface area contributed by atoms with Crippen LogP contribution in [0.15, 0.2) is 156 Å². The molecule has 1 atom stereocenters. The lowest BCUT2D eigenvalue weighted by molar-refractivity contribution is 0.573. The monoisotopic (exact) mass is 630 g/mol. The first kappa shape index (κ1) is 29.5. The summed E-state index contributed by atoms with van der Waals surface area (Å²) in [7, 11) is 0. The zero-order valence-corrected chi connectivity index (χ0v) is 28.2. The van der Waals surface area contributed by atoms with Gasteiger partial charge in [-0.2, -0.15) is 0 Å². The molecule has 1 heteroatoms. The number of para-hydroxylation sites is 1. The summed E-state index contributed by atoms with van der Waals surface area (Å²) in [6, 6.07) is 53.1. The van der Waals surface area contributed by atoms with Gasteiger partial charge in [-0.25, -0.2) is 0 Å². The van der Waals surface area contributed by atoms with Gasteiger partial charge in [0.2, 0.25) is 0 Å². The Morgan fingerprint density at radius 1 is 0.531 bits per heavy atom. The Morgan fingerprint density at radius 3 is 1.88 bits per heavy atom. The Hall–Kier alpha value is -5.66. The van der Waals surface area contributed by atoms with Gasteiger partial charge in [0.1, 0.15) is 11.2 Å². The van der Waals surface area contributed by atoms with Crippen LogP contribution in [0.3, 0.4) is 0 Å². The lowest BCUT2D eigenvalue weighted by atomic mass is 9.76. The Kier molecular flexibility index (Phi) is 6.91. The zero-order chi connectivity index (χ0) is 33.1. The Balaban J connectivity index is 1.17. The van der Waals surface area contributed by atoms with Crippen LogP contribution >= 0.6 is 0 Å². The maximum absolute atomic E-state index is 6.46. The highest BCUT2D eigenvalue weighted by Crippen LogP contribution is 2.47. The molecule has 1 aromatic heterocycles. The molecule has 1 aliphatic carbocycles. The second kappa shape index (κ2) is 11.5. The number of furan rings is 1. The van der Waals surface area contributed by atoms with Crippen LogP contribution in [0.1, 0.15) is 48.9 Å². The lowest BCUT2D eigenvalue weighted by Crippen LogP contribution is -2.10. The van der Waals surface area contributed by atoms with Crippen molar-refractivity contribution in [3.63, 3.8) is 0 Å². The van der Waals surface area contributed by atoms with Gasteiger partial charge in [-0.15, -0.1) is 0 Å². The van der Waals surface area contributed by atoms with E-state index in [0.717, 1.165) is 17.6 Å².